The fourth-order valence-corrected chi connectivity index (χ4v) is 1.77. The smallest absolute Gasteiger partial charge is 0.162 e. The normalized spacial score (nSPS) is 10.4. The Bertz CT molecular complexity index is 589. The second-order valence-electron chi connectivity index (χ2n) is 3.16. The second kappa shape index (κ2) is 4.23. The van der Waals surface area contributed by atoms with Gasteiger partial charge in [0.15, 0.2) is 11.5 Å². The summed E-state index contributed by atoms with van der Waals surface area (Å²) in [6.07, 6.45) is 0. The van der Waals surface area contributed by atoms with Crippen molar-refractivity contribution in [3.63, 3.8) is 0 Å². The van der Waals surface area contributed by atoms with Gasteiger partial charge in [-0.3, -0.25) is 0 Å². The zero-order valence-electron chi connectivity index (χ0n) is 8.79. The average Bonchev–Trinajstić information content (AvgIpc) is 2.29. The van der Waals surface area contributed by atoms with E-state index in [9.17, 15) is 0 Å². The Labute approximate surface area is 102 Å². The summed E-state index contributed by atoms with van der Waals surface area (Å²) in [5.74, 6) is 1.29. The number of H-pyrrole nitrogens is 2. The summed E-state index contributed by atoms with van der Waals surface area (Å²) < 4.78 is 11.4. The van der Waals surface area contributed by atoms with Gasteiger partial charge >= 0.3 is 0 Å². The Morgan fingerprint density at radius 1 is 0.875 bits per heavy atom. The Kier molecular flexibility index (Phi) is 2.93. The van der Waals surface area contributed by atoms with Crippen molar-refractivity contribution in [2.24, 2.45) is 0 Å². The Morgan fingerprint density at radius 2 is 1.25 bits per heavy atom. The second-order valence-corrected chi connectivity index (χ2v) is 3.98. The van der Waals surface area contributed by atoms with E-state index < -0.39 is 0 Å². The maximum absolute atomic E-state index is 5.20. The minimum atomic E-state index is 0.509. The molecule has 1 heterocycles. The molecule has 0 bridgehead atoms. The quantitative estimate of drug-likeness (QED) is 0.809. The molecule has 1 aromatic heterocycles. The van der Waals surface area contributed by atoms with Crippen molar-refractivity contribution in [2.75, 3.05) is 14.2 Å². The van der Waals surface area contributed by atoms with Crippen LogP contribution in [0.3, 0.4) is 0 Å². The Balaban J connectivity index is 2.83. The van der Waals surface area contributed by atoms with Gasteiger partial charge in [-0.15, -0.1) is 0 Å². The minimum absolute atomic E-state index is 0.509. The molecule has 2 aromatic rings. The molecule has 0 aliphatic carbocycles. The SMILES string of the molecule is COc1cc2[nH]c(=S)c(=S)[nH]c2cc1OC. The predicted octanol–water partition coefficient (Wildman–Crippen LogP) is 2.97. The summed E-state index contributed by atoms with van der Waals surface area (Å²) in [4.78, 5) is 6.06. The van der Waals surface area contributed by atoms with Gasteiger partial charge in [-0.05, 0) is 0 Å². The number of methoxy groups -OCH3 is 2. The highest BCUT2D eigenvalue weighted by Crippen LogP contribution is 2.30. The van der Waals surface area contributed by atoms with Crippen molar-refractivity contribution < 1.29 is 9.47 Å². The molecule has 0 saturated carbocycles. The average molecular weight is 254 g/mol. The zero-order chi connectivity index (χ0) is 11.7. The lowest BCUT2D eigenvalue weighted by Gasteiger charge is -2.08. The van der Waals surface area contributed by atoms with Gasteiger partial charge in [0.1, 0.15) is 9.28 Å². The first-order valence-electron chi connectivity index (χ1n) is 4.54. The molecule has 0 aliphatic rings. The van der Waals surface area contributed by atoms with Crippen molar-refractivity contribution in [2.45, 2.75) is 0 Å². The number of fused-ring (bicyclic) bond motifs is 1. The van der Waals surface area contributed by atoms with Crippen LogP contribution in [0.15, 0.2) is 12.1 Å². The van der Waals surface area contributed by atoms with Crippen molar-refractivity contribution >= 4 is 35.5 Å². The van der Waals surface area contributed by atoms with Gasteiger partial charge in [0.2, 0.25) is 0 Å². The van der Waals surface area contributed by atoms with Gasteiger partial charge < -0.3 is 19.4 Å². The molecule has 0 fully saturated rings. The third kappa shape index (κ3) is 1.81. The lowest BCUT2D eigenvalue weighted by molar-refractivity contribution is 0.355. The number of rotatable bonds is 2. The molecule has 6 heteroatoms. The van der Waals surface area contributed by atoms with E-state index in [0.29, 0.717) is 20.8 Å². The maximum atomic E-state index is 5.20. The van der Waals surface area contributed by atoms with E-state index in [-0.39, 0.29) is 0 Å². The molecular weight excluding hydrogens is 244 g/mol. The fourth-order valence-electron chi connectivity index (χ4n) is 1.44. The number of aromatic nitrogens is 2. The topological polar surface area (TPSA) is 50.0 Å². The number of aromatic amines is 2. The molecule has 0 atom stereocenters. The first-order chi connectivity index (χ1) is 7.65. The van der Waals surface area contributed by atoms with Crippen LogP contribution >= 0.6 is 24.4 Å². The van der Waals surface area contributed by atoms with Crippen LogP contribution in [-0.4, -0.2) is 24.2 Å². The van der Waals surface area contributed by atoms with E-state index in [4.69, 9.17) is 33.9 Å². The molecule has 0 amide bonds. The molecule has 84 valence electrons. The molecular formula is C10H10N2O2S2. The largest absolute Gasteiger partial charge is 0.493 e. The summed E-state index contributed by atoms with van der Waals surface area (Å²) in [5, 5.41) is 0. The standard InChI is InChI=1S/C10H10N2O2S2/c1-13-7-3-5-6(4-8(7)14-2)12-10(16)9(15)11-5/h3-4H,1-2H3,(H,11,15)(H,12,16). The molecule has 0 unspecified atom stereocenters. The number of hydrogen-bond acceptors (Lipinski definition) is 4. The lowest BCUT2D eigenvalue weighted by atomic mass is 10.2. The summed E-state index contributed by atoms with van der Waals surface area (Å²) in [6, 6.07) is 3.63. The van der Waals surface area contributed by atoms with Gasteiger partial charge in [-0.1, -0.05) is 24.4 Å². The van der Waals surface area contributed by atoms with E-state index in [1.54, 1.807) is 14.2 Å². The van der Waals surface area contributed by atoms with Crippen LogP contribution in [0.4, 0.5) is 0 Å². The Hall–Kier alpha value is -1.40. The third-order valence-electron chi connectivity index (χ3n) is 2.23. The van der Waals surface area contributed by atoms with Crippen LogP contribution in [0, 0.1) is 9.28 Å². The number of nitrogens with one attached hydrogen (secondary N) is 2. The highest BCUT2D eigenvalue weighted by Gasteiger charge is 2.06. The molecule has 0 radical (unpaired) electrons. The van der Waals surface area contributed by atoms with E-state index in [0.717, 1.165) is 11.0 Å². The van der Waals surface area contributed by atoms with Crippen molar-refractivity contribution in [1.82, 2.24) is 9.97 Å². The van der Waals surface area contributed by atoms with Gasteiger partial charge in [-0.25, -0.2) is 0 Å². The molecule has 0 spiro atoms. The monoisotopic (exact) mass is 254 g/mol. The predicted molar refractivity (Wildman–Crippen MR) is 67.4 cm³/mol. The summed E-state index contributed by atoms with van der Waals surface area (Å²) in [5.41, 5.74) is 1.66. The van der Waals surface area contributed by atoms with Gasteiger partial charge in [0, 0.05) is 12.1 Å². The third-order valence-corrected chi connectivity index (χ3v) is 2.97. The fraction of sp³-hybridized carbons (Fsp3) is 0.200. The number of ether oxygens (including phenoxy) is 2. The molecule has 0 aliphatic heterocycles. The van der Waals surface area contributed by atoms with E-state index in [1.807, 2.05) is 12.1 Å². The van der Waals surface area contributed by atoms with Crippen molar-refractivity contribution in [1.29, 1.82) is 0 Å². The first-order valence-corrected chi connectivity index (χ1v) is 5.35. The lowest BCUT2D eigenvalue weighted by Crippen LogP contribution is -1.93. The van der Waals surface area contributed by atoms with Gasteiger partial charge in [0.05, 0.1) is 25.3 Å². The van der Waals surface area contributed by atoms with Gasteiger partial charge in [-0.2, -0.15) is 0 Å². The first kappa shape index (κ1) is 11.1. The summed E-state index contributed by atoms with van der Waals surface area (Å²) in [7, 11) is 3.17. The van der Waals surface area contributed by atoms with Crippen LogP contribution < -0.4 is 9.47 Å². The Morgan fingerprint density at radius 3 is 1.56 bits per heavy atom. The minimum Gasteiger partial charge on any atom is -0.493 e. The highest BCUT2D eigenvalue weighted by molar-refractivity contribution is 7.73. The van der Waals surface area contributed by atoms with Crippen molar-refractivity contribution in [3.05, 3.63) is 21.4 Å². The molecule has 2 rings (SSSR count). The van der Waals surface area contributed by atoms with Crippen LogP contribution in [0.25, 0.3) is 11.0 Å². The summed E-state index contributed by atoms with van der Waals surface area (Å²) >= 11 is 10.1. The van der Waals surface area contributed by atoms with E-state index in [2.05, 4.69) is 9.97 Å². The molecule has 0 saturated heterocycles. The van der Waals surface area contributed by atoms with Crippen LogP contribution in [-0.2, 0) is 0 Å². The van der Waals surface area contributed by atoms with Gasteiger partial charge in [0.25, 0.3) is 0 Å². The maximum Gasteiger partial charge on any atom is 0.162 e. The van der Waals surface area contributed by atoms with E-state index >= 15 is 0 Å². The zero-order valence-corrected chi connectivity index (χ0v) is 10.4. The van der Waals surface area contributed by atoms with Crippen molar-refractivity contribution in [3.8, 4) is 11.5 Å². The molecule has 1 aromatic carbocycles. The van der Waals surface area contributed by atoms with Crippen LogP contribution in [0.1, 0.15) is 0 Å². The number of hydrogen-bond donors (Lipinski definition) is 2. The van der Waals surface area contributed by atoms with Crippen LogP contribution in [0.5, 0.6) is 11.5 Å². The number of benzene rings is 1. The molecule has 2 N–H and O–H groups in total. The molecule has 4 nitrogen and oxygen atoms in total. The van der Waals surface area contributed by atoms with E-state index in [1.165, 1.54) is 0 Å². The molecule has 16 heavy (non-hydrogen) atoms. The summed E-state index contributed by atoms with van der Waals surface area (Å²) in [6.45, 7) is 0. The van der Waals surface area contributed by atoms with Crippen LogP contribution in [0.2, 0.25) is 0 Å². The highest BCUT2D eigenvalue weighted by atomic mass is 32.1.